The Morgan fingerprint density at radius 1 is 1.29 bits per heavy atom. The molecule has 5 nitrogen and oxygen atoms in total. The van der Waals surface area contributed by atoms with Crippen molar-refractivity contribution in [3.8, 4) is 0 Å². The molecule has 0 aliphatic carbocycles. The van der Waals surface area contributed by atoms with Crippen molar-refractivity contribution >= 4 is 16.0 Å². The predicted molar refractivity (Wildman–Crippen MR) is 60.6 cm³/mol. The Kier molecular flexibility index (Phi) is 2.92. The van der Waals surface area contributed by atoms with E-state index in [0.29, 0.717) is 0 Å². The van der Waals surface area contributed by atoms with Crippen LogP contribution in [0.1, 0.15) is 12.5 Å². The number of rotatable bonds is 2. The van der Waals surface area contributed by atoms with Crippen LogP contribution in [0.2, 0.25) is 0 Å². The number of carbonyl (C=O) groups excluding carboxylic acids is 1. The lowest BCUT2D eigenvalue weighted by Gasteiger charge is -2.16. The summed E-state index contributed by atoms with van der Waals surface area (Å²) >= 11 is 0. The molecule has 0 bridgehead atoms. The van der Waals surface area contributed by atoms with Crippen LogP contribution in [-0.4, -0.2) is 31.5 Å². The number of hydrogen-bond acceptors (Lipinski definition) is 4. The first kappa shape index (κ1) is 12.1. The molecule has 2 rings (SSSR count). The molecule has 0 radical (unpaired) electrons. The number of carbonyl (C=O) groups is 1. The summed E-state index contributed by atoms with van der Waals surface area (Å²) < 4.78 is 30.2. The average Bonchev–Trinajstić information content (AvgIpc) is 2.61. The zero-order valence-corrected chi connectivity index (χ0v) is 10.4. The molecule has 0 N–H and O–H groups in total. The van der Waals surface area contributed by atoms with Gasteiger partial charge in [0.2, 0.25) is 10.0 Å². The van der Waals surface area contributed by atoms with Crippen molar-refractivity contribution in [1.82, 2.24) is 4.31 Å². The summed E-state index contributed by atoms with van der Waals surface area (Å²) in [6.07, 6.45) is 0. The van der Waals surface area contributed by atoms with Crippen molar-refractivity contribution < 1.29 is 17.9 Å². The molecule has 0 saturated carbocycles. The zero-order valence-electron chi connectivity index (χ0n) is 9.58. The van der Waals surface area contributed by atoms with Crippen LogP contribution < -0.4 is 0 Å². The van der Waals surface area contributed by atoms with E-state index in [-0.39, 0.29) is 11.6 Å². The SMILES string of the molecule is Cc1ccc(S(=O)(=O)N2COC(=O)C2C)cc1. The van der Waals surface area contributed by atoms with Crippen molar-refractivity contribution in [3.05, 3.63) is 29.8 Å². The van der Waals surface area contributed by atoms with Crippen LogP contribution in [0.25, 0.3) is 0 Å². The second kappa shape index (κ2) is 4.12. The monoisotopic (exact) mass is 255 g/mol. The van der Waals surface area contributed by atoms with Crippen molar-refractivity contribution in [1.29, 1.82) is 0 Å². The Bertz CT molecular complexity index is 535. The third-order valence-electron chi connectivity index (χ3n) is 2.73. The molecule has 17 heavy (non-hydrogen) atoms. The zero-order chi connectivity index (χ0) is 12.6. The number of nitrogens with zero attached hydrogens (tertiary/aromatic N) is 1. The van der Waals surface area contributed by atoms with Crippen LogP contribution in [0.15, 0.2) is 29.2 Å². The topological polar surface area (TPSA) is 63.7 Å². The summed E-state index contributed by atoms with van der Waals surface area (Å²) in [6, 6.07) is 5.73. The first-order chi connectivity index (χ1) is 7.93. The standard InChI is InChI=1S/C11H13NO4S/c1-8-3-5-10(6-4-8)17(14,15)12-7-16-11(13)9(12)2/h3-6,9H,7H2,1-2H3. The second-order valence-electron chi connectivity index (χ2n) is 3.97. The summed E-state index contributed by atoms with van der Waals surface area (Å²) in [7, 11) is -3.65. The number of cyclic esters (lactones) is 1. The molecular weight excluding hydrogens is 242 g/mol. The van der Waals surface area contributed by atoms with Crippen molar-refractivity contribution in [3.63, 3.8) is 0 Å². The lowest BCUT2D eigenvalue weighted by atomic mass is 10.2. The number of aryl methyl sites for hydroxylation is 1. The second-order valence-corrected chi connectivity index (χ2v) is 5.86. The van der Waals surface area contributed by atoms with E-state index in [4.69, 9.17) is 4.74 Å². The van der Waals surface area contributed by atoms with Crippen LogP contribution in [0.4, 0.5) is 0 Å². The van der Waals surface area contributed by atoms with E-state index >= 15 is 0 Å². The largest absolute Gasteiger partial charge is 0.447 e. The molecule has 1 aromatic rings. The fourth-order valence-corrected chi connectivity index (χ4v) is 3.05. The maximum absolute atomic E-state index is 12.2. The van der Waals surface area contributed by atoms with Gasteiger partial charge in [-0.2, -0.15) is 0 Å². The highest BCUT2D eigenvalue weighted by molar-refractivity contribution is 7.89. The molecule has 1 fully saturated rings. The summed E-state index contributed by atoms with van der Waals surface area (Å²) in [5.41, 5.74) is 0.978. The molecule has 6 heteroatoms. The minimum atomic E-state index is -3.65. The quantitative estimate of drug-likeness (QED) is 0.736. The summed E-state index contributed by atoms with van der Waals surface area (Å²) in [5, 5.41) is 0. The molecule has 1 unspecified atom stereocenters. The fourth-order valence-electron chi connectivity index (χ4n) is 1.60. The molecule has 1 aliphatic heterocycles. The van der Waals surface area contributed by atoms with Gasteiger partial charge >= 0.3 is 5.97 Å². The van der Waals surface area contributed by atoms with Gasteiger partial charge in [0, 0.05) is 0 Å². The minimum absolute atomic E-state index is 0.174. The molecule has 1 saturated heterocycles. The highest BCUT2D eigenvalue weighted by atomic mass is 32.2. The lowest BCUT2D eigenvalue weighted by Crippen LogP contribution is -2.35. The summed E-state index contributed by atoms with van der Waals surface area (Å²) in [6.45, 7) is 3.18. The first-order valence-corrected chi connectivity index (χ1v) is 6.62. The van der Waals surface area contributed by atoms with E-state index in [2.05, 4.69) is 0 Å². The van der Waals surface area contributed by atoms with E-state index in [1.807, 2.05) is 6.92 Å². The van der Waals surface area contributed by atoms with Crippen LogP contribution in [0.5, 0.6) is 0 Å². The Morgan fingerprint density at radius 3 is 2.35 bits per heavy atom. The molecule has 1 aromatic carbocycles. The van der Waals surface area contributed by atoms with Gasteiger partial charge in [-0.3, -0.25) is 4.79 Å². The van der Waals surface area contributed by atoms with Gasteiger partial charge in [0.15, 0.2) is 6.73 Å². The van der Waals surface area contributed by atoms with Crippen molar-refractivity contribution in [2.45, 2.75) is 24.8 Å². The van der Waals surface area contributed by atoms with Gasteiger partial charge in [-0.15, -0.1) is 4.31 Å². The van der Waals surface area contributed by atoms with Gasteiger partial charge in [-0.05, 0) is 26.0 Å². The lowest BCUT2D eigenvalue weighted by molar-refractivity contribution is -0.138. The summed E-state index contributed by atoms with van der Waals surface area (Å²) in [4.78, 5) is 11.4. The van der Waals surface area contributed by atoms with Gasteiger partial charge in [0.25, 0.3) is 0 Å². The Balaban J connectivity index is 2.37. The van der Waals surface area contributed by atoms with E-state index in [1.54, 1.807) is 12.1 Å². The summed E-state index contributed by atoms with van der Waals surface area (Å²) in [5.74, 6) is -0.513. The van der Waals surface area contributed by atoms with E-state index in [9.17, 15) is 13.2 Å². The molecule has 1 atom stereocenters. The number of hydrogen-bond donors (Lipinski definition) is 0. The molecule has 0 spiro atoms. The fraction of sp³-hybridized carbons (Fsp3) is 0.364. The highest BCUT2D eigenvalue weighted by Crippen LogP contribution is 2.22. The molecule has 0 amide bonds. The van der Waals surface area contributed by atoms with Gasteiger partial charge in [0.05, 0.1) is 4.90 Å². The maximum atomic E-state index is 12.2. The average molecular weight is 255 g/mol. The smallest absolute Gasteiger partial charge is 0.325 e. The van der Waals surface area contributed by atoms with Crippen molar-refractivity contribution in [2.24, 2.45) is 0 Å². The predicted octanol–water partition coefficient (Wildman–Crippen LogP) is 0.889. The Morgan fingerprint density at radius 2 is 1.88 bits per heavy atom. The van der Waals surface area contributed by atoms with Gasteiger partial charge < -0.3 is 4.74 Å². The Hall–Kier alpha value is -1.40. The van der Waals surface area contributed by atoms with E-state index in [0.717, 1.165) is 9.87 Å². The number of ether oxygens (including phenoxy) is 1. The van der Waals surface area contributed by atoms with Gasteiger partial charge in [-0.1, -0.05) is 17.7 Å². The van der Waals surface area contributed by atoms with Gasteiger partial charge in [-0.25, -0.2) is 8.42 Å². The molecule has 1 heterocycles. The highest BCUT2D eigenvalue weighted by Gasteiger charge is 2.39. The Labute approximate surface area is 100 Å². The number of sulfonamides is 1. The first-order valence-electron chi connectivity index (χ1n) is 5.18. The van der Waals surface area contributed by atoms with E-state index in [1.165, 1.54) is 19.1 Å². The normalized spacial score (nSPS) is 21.5. The minimum Gasteiger partial charge on any atom is -0.447 e. The molecule has 1 aliphatic rings. The molecular formula is C11H13NO4S. The van der Waals surface area contributed by atoms with E-state index < -0.39 is 22.0 Å². The number of esters is 1. The third kappa shape index (κ3) is 2.05. The van der Waals surface area contributed by atoms with Crippen LogP contribution in [0, 0.1) is 6.92 Å². The van der Waals surface area contributed by atoms with Crippen LogP contribution in [-0.2, 0) is 19.6 Å². The van der Waals surface area contributed by atoms with Gasteiger partial charge in [0.1, 0.15) is 6.04 Å². The van der Waals surface area contributed by atoms with Crippen LogP contribution in [0.3, 0.4) is 0 Å². The maximum Gasteiger partial charge on any atom is 0.325 e. The molecule has 0 aromatic heterocycles. The number of benzene rings is 1. The molecule has 92 valence electrons. The van der Waals surface area contributed by atoms with Crippen LogP contribution >= 0.6 is 0 Å². The third-order valence-corrected chi connectivity index (χ3v) is 4.64. The van der Waals surface area contributed by atoms with Crippen molar-refractivity contribution in [2.75, 3.05) is 6.73 Å².